The molecule has 0 spiro atoms. The van der Waals surface area contributed by atoms with E-state index in [1.807, 2.05) is 18.2 Å². The zero-order valence-corrected chi connectivity index (χ0v) is 11.0. The molecule has 2 rings (SSSR count). The zero-order valence-electron chi connectivity index (χ0n) is 11.0. The average Bonchev–Trinajstić information content (AvgIpc) is 2.63. The third kappa shape index (κ3) is 2.20. The number of methoxy groups -OCH3 is 1. The molecule has 1 amide bonds. The van der Waals surface area contributed by atoms with Crippen LogP contribution in [0.5, 0.6) is 5.75 Å². The van der Waals surface area contributed by atoms with Crippen LogP contribution >= 0.6 is 0 Å². The topological polar surface area (TPSA) is 55.6 Å². The van der Waals surface area contributed by atoms with Crippen LogP contribution in [0, 0.1) is 0 Å². The Kier molecular flexibility index (Phi) is 3.87. The van der Waals surface area contributed by atoms with Gasteiger partial charge in [0.15, 0.2) is 0 Å². The van der Waals surface area contributed by atoms with Gasteiger partial charge < -0.3 is 15.4 Å². The summed E-state index contributed by atoms with van der Waals surface area (Å²) in [4.78, 5) is 13.9. The number of hydrogen-bond donors (Lipinski definition) is 1. The molecular weight excluding hydrogens is 228 g/mol. The second-order valence-electron chi connectivity index (χ2n) is 4.60. The van der Waals surface area contributed by atoms with E-state index in [-0.39, 0.29) is 5.91 Å². The summed E-state index contributed by atoms with van der Waals surface area (Å²) < 4.78 is 5.17. The van der Waals surface area contributed by atoms with Gasteiger partial charge in [-0.1, -0.05) is 19.8 Å². The second kappa shape index (κ2) is 5.40. The van der Waals surface area contributed by atoms with E-state index >= 15 is 0 Å². The Morgan fingerprint density at radius 3 is 2.83 bits per heavy atom. The van der Waals surface area contributed by atoms with Crippen LogP contribution in [0.2, 0.25) is 0 Å². The van der Waals surface area contributed by atoms with E-state index in [1.165, 1.54) is 0 Å². The highest BCUT2D eigenvalue weighted by molar-refractivity contribution is 6.04. The van der Waals surface area contributed by atoms with E-state index in [4.69, 9.17) is 10.5 Å². The van der Waals surface area contributed by atoms with Crippen molar-refractivity contribution in [1.82, 2.24) is 0 Å². The van der Waals surface area contributed by atoms with Crippen LogP contribution in [0.4, 0.5) is 5.69 Å². The van der Waals surface area contributed by atoms with Crippen molar-refractivity contribution in [3.05, 3.63) is 23.8 Å². The summed E-state index contributed by atoms with van der Waals surface area (Å²) >= 11 is 0. The average molecular weight is 248 g/mol. The molecule has 1 aliphatic heterocycles. The number of rotatable bonds is 5. The molecule has 0 fully saturated rings. The van der Waals surface area contributed by atoms with Crippen molar-refractivity contribution < 1.29 is 9.53 Å². The summed E-state index contributed by atoms with van der Waals surface area (Å²) in [6.45, 7) is 2.90. The first-order valence-corrected chi connectivity index (χ1v) is 6.44. The van der Waals surface area contributed by atoms with E-state index in [0.29, 0.717) is 0 Å². The molecule has 98 valence electrons. The molecule has 1 heterocycles. The third-order valence-electron chi connectivity index (χ3n) is 3.38. The number of unbranched alkanes of at least 4 members (excludes halogenated alkanes) is 2. The molecule has 1 atom stereocenters. The standard InChI is InChI=1S/C14H20N2O2/c1-3-4-5-8-16-12-7-6-10(18-2)9-11(12)13(15)14(16)17/h6-7,9,13H,3-5,8,15H2,1-2H3. The predicted molar refractivity (Wildman–Crippen MR) is 71.8 cm³/mol. The van der Waals surface area contributed by atoms with E-state index in [9.17, 15) is 4.79 Å². The third-order valence-corrected chi connectivity index (χ3v) is 3.38. The largest absolute Gasteiger partial charge is 0.497 e. The predicted octanol–water partition coefficient (Wildman–Crippen LogP) is 2.23. The number of carbonyl (C=O) groups excluding carboxylic acids is 1. The normalized spacial score (nSPS) is 18.1. The lowest BCUT2D eigenvalue weighted by Gasteiger charge is -2.17. The van der Waals surface area contributed by atoms with Gasteiger partial charge in [0.25, 0.3) is 0 Å². The van der Waals surface area contributed by atoms with E-state index in [0.717, 1.165) is 42.8 Å². The molecule has 1 unspecified atom stereocenters. The van der Waals surface area contributed by atoms with Crippen molar-refractivity contribution in [2.24, 2.45) is 5.73 Å². The molecule has 4 nitrogen and oxygen atoms in total. The van der Waals surface area contributed by atoms with E-state index in [2.05, 4.69) is 6.92 Å². The number of fused-ring (bicyclic) bond motifs is 1. The smallest absolute Gasteiger partial charge is 0.248 e. The van der Waals surface area contributed by atoms with Gasteiger partial charge in [-0.05, 0) is 24.6 Å². The van der Waals surface area contributed by atoms with Gasteiger partial charge in [0.1, 0.15) is 11.8 Å². The van der Waals surface area contributed by atoms with Crippen molar-refractivity contribution in [3.8, 4) is 5.75 Å². The Morgan fingerprint density at radius 2 is 2.17 bits per heavy atom. The summed E-state index contributed by atoms with van der Waals surface area (Å²) in [5.74, 6) is 0.738. The van der Waals surface area contributed by atoms with Crippen LogP contribution < -0.4 is 15.4 Å². The van der Waals surface area contributed by atoms with Gasteiger partial charge in [-0.15, -0.1) is 0 Å². The molecule has 0 saturated carbocycles. The SMILES string of the molecule is CCCCCN1C(=O)C(N)c2cc(OC)ccc21. The molecule has 0 saturated heterocycles. The van der Waals surface area contributed by atoms with Crippen molar-refractivity contribution >= 4 is 11.6 Å². The summed E-state index contributed by atoms with van der Waals surface area (Å²) in [6, 6.07) is 5.11. The van der Waals surface area contributed by atoms with Gasteiger partial charge in [0, 0.05) is 17.8 Å². The molecule has 0 radical (unpaired) electrons. The second-order valence-corrected chi connectivity index (χ2v) is 4.60. The fraction of sp³-hybridized carbons (Fsp3) is 0.500. The summed E-state index contributed by atoms with van der Waals surface area (Å²) in [7, 11) is 1.61. The molecule has 1 aliphatic rings. The number of anilines is 1. The van der Waals surface area contributed by atoms with Gasteiger partial charge in [-0.25, -0.2) is 0 Å². The van der Waals surface area contributed by atoms with Crippen molar-refractivity contribution in [3.63, 3.8) is 0 Å². The fourth-order valence-corrected chi connectivity index (χ4v) is 2.32. The van der Waals surface area contributed by atoms with Crippen LogP contribution in [-0.2, 0) is 4.79 Å². The van der Waals surface area contributed by atoms with Crippen LogP contribution in [0.1, 0.15) is 37.8 Å². The van der Waals surface area contributed by atoms with Gasteiger partial charge in [-0.2, -0.15) is 0 Å². The molecular formula is C14H20N2O2. The lowest BCUT2D eigenvalue weighted by Crippen LogP contribution is -2.32. The van der Waals surface area contributed by atoms with Crippen LogP contribution in [0.15, 0.2) is 18.2 Å². The molecule has 0 aliphatic carbocycles. The van der Waals surface area contributed by atoms with Gasteiger partial charge in [-0.3, -0.25) is 4.79 Å². The Hall–Kier alpha value is -1.55. The minimum atomic E-state index is -0.545. The number of benzene rings is 1. The number of amides is 1. The Labute approximate surface area is 108 Å². The highest BCUT2D eigenvalue weighted by atomic mass is 16.5. The summed E-state index contributed by atoms with van der Waals surface area (Å²) in [6.07, 6.45) is 3.29. The molecule has 0 bridgehead atoms. The maximum atomic E-state index is 12.1. The van der Waals surface area contributed by atoms with Gasteiger partial charge >= 0.3 is 0 Å². The maximum absolute atomic E-state index is 12.1. The van der Waals surface area contributed by atoms with Crippen molar-refractivity contribution in [1.29, 1.82) is 0 Å². The van der Waals surface area contributed by atoms with Crippen molar-refractivity contribution in [2.45, 2.75) is 32.2 Å². The number of ether oxygens (including phenoxy) is 1. The minimum Gasteiger partial charge on any atom is -0.497 e. The summed E-state index contributed by atoms with van der Waals surface area (Å²) in [5.41, 5.74) is 7.77. The van der Waals surface area contributed by atoms with E-state index < -0.39 is 6.04 Å². The first kappa shape index (κ1) is 12.9. The number of nitrogens with two attached hydrogens (primary N) is 1. The van der Waals surface area contributed by atoms with Gasteiger partial charge in [0.2, 0.25) is 5.91 Å². The Balaban J connectivity index is 2.23. The first-order chi connectivity index (χ1) is 8.69. The van der Waals surface area contributed by atoms with Crippen LogP contribution in [0.25, 0.3) is 0 Å². The highest BCUT2D eigenvalue weighted by Crippen LogP contribution is 2.36. The summed E-state index contributed by atoms with van der Waals surface area (Å²) in [5, 5.41) is 0. The molecule has 1 aromatic carbocycles. The number of hydrogen-bond acceptors (Lipinski definition) is 3. The Morgan fingerprint density at radius 1 is 1.39 bits per heavy atom. The molecule has 0 aromatic heterocycles. The molecule has 1 aromatic rings. The van der Waals surface area contributed by atoms with Crippen molar-refractivity contribution in [2.75, 3.05) is 18.6 Å². The zero-order chi connectivity index (χ0) is 13.1. The van der Waals surface area contributed by atoms with E-state index in [1.54, 1.807) is 12.0 Å². The van der Waals surface area contributed by atoms with Gasteiger partial charge in [0.05, 0.1) is 7.11 Å². The number of nitrogens with zero attached hydrogens (tertiary/aromatic N) is 1. The Bertz CT molecular complexity index is 445. The fourth-order valence-electron chi connectivity index (χ4n) is 2.32. The monoisotopic (exact) mass is 248 g/mol. The quantitative estimate of drug-likeness (QED) is 0.813. The van der Waals surface area contributed by atoms with Crippen LogP contribution in [0.3, 0.4) is 0 Å². The molecule has 18 heavy (non-hydrogen) atoms. The number of carbonyl (C=O) groups is 1. The molecule has 2 N–H and O–H groups in total. The highest BCUT2D eigenvalue weighted by Gasteiger charge is 2.34. The maximum Gasteiger partial charge on any atom is 0.248 e. The first-order valence-electron chi connectivity index (χ1n) is 6.44. The minimum absolute atomic E-state index is 0.00523. The molecule has 4 heteroatoms. The lowest BCUT2D eigenvalue weighted by molar-refractivity contribution is -0.119. The van der Waals surface area contributed by atoms with Crippen LogP contribution in [-0.4, -0.2) is 19.6 Å². The lowest BCUT2D eigenvalue weighted by atomic mass is 10.1.